The molecule has 1 N–H and O–H groups in total. The maximum absolute atomic E-state index is 13.1. The van der Waals surface area contributed by atoms with E-state index in [0.29, 0.717) is 11.4 Å². The summed E-state index contributed by atoms with van der Waals surface area (Å²) in [6.07, 6.45) is -4.68. The van der Waals surface area contributed by atoms with Crippen molar-refractivity contribution in [1.82, 2.24) is 14.7 Å². The third-order valence-electron chi connectivity index (χ3n) is 4.45. The van der Waals surface area contributed by atoms with Gasteiger partial charge in [0.15, 0.2) is 5.69 Å². The molecule has 9 heteroatoms. The van der Waals surface area contributed by atoms with E-state index in [4.69, 9.17) is 5.11 Å². The number of carbonyl (C=O) groups excluding carboxylic acids is 1. The minimum absolute atomic E-state index is 0.0154. The summed E-state index contributed by atoms with van der Waals surface area (Å²) >= 11 is 0. The highest BCUT2D eigenvalue weighted by atomic mass is 19.4. The van der Waals surface area contributed by atoms with Crippen molar-refractivity contribution in [2.45, 2.75) is 13.1 Å². The molecule has 1 saturated heterocycles. The number of nitrogens with zero attached hydrogens (tertiary/aromatic N) is 3. The van der Waals surface area contributed by atoms with Gasteiger partial charge in [-0.1, -0.05) is 18.2 Å². The number of carbonyl (C=O) groups is 2. The molecule has 0 spiro atoms. The van der Waals surface area contributed by atoms with Gasteiger partial charge in [0.2, 0.25) is 0 Å². The second kappa shape index (κ2) is 6.47. The van der Waals surface area contributed by atoms with E-state index in [1.807, 2.05) is 6.07 Å². The predicted octanol–water partition coefficient (Wildman–Crippen LogP) is 2.52. The van der Waals surface area contributed by atoms with Crippen LogP contribution in [0.5, 0.6) is 0 Å². The Morgan fingerprint density at radius 2 is 1.85 bits per heavy atom. The summed E-state index contributed by atoms with van der Waals surface area (Å²) in [5, 5.41) is 13.2. The van der Waals surface area contributed by atoms with Crippen LogP contribution in [0.1, 0.15) is 16.2 Å². The van der Waals surface area contributed by atoms with E-state index in [9.17, 15) is 22.8 Å². The number of para-hydroxylation sites is 1. The van der Waals surface area contributed by atoms with Crippen LogP contribution in [0.15, 0.2) is 36.4 Å². The fourth-order valence-electron chi connectivity index (χ4n) is 3.12. The monoisotopic (exact) mass is 367 g/mol. The maximum Gasteiger partial charge on any atom is 0.394 e. The number of benzene rings is 1. The Balaban J connectivity index is 1.85. The highest BCUT2D eigenvalue weighted by Crippen LogP contribution is 2.38. The predicted molar refractivity (Wildman–Crippen MR) is 84.9 cm³/mol. The molecular weight excluding hydrogens is 351 g/mol. The van der Waals surface area contributed by atoms with E-state index in [1.165, 1.54) is 10.7 Å². The van der Waals surface area contributed by atoms with Crippen molar-refractivity contribution in [1.29, 1.82) is 0 Å². The summed E-state index contributed by atoms with van der Waals surface area (Å²) in [4.78, 5) is 24.6. The van der Waals surface area contributed by atoms with Gasteiger partial charge in [-0.3, -0.25) is 9.59 Å². The standard InChI is InChI=1S/C17H16F3N3O3/c1-10-7-14(21-23(10)11-5-3-2-4-6-11)15(24)22-8-12(16(25)26)13(9-22)17(18,19)20/h2-7,12-13H,8-9H2,1H3,(H,25,26)/t12-,13-/m1/s1. The van der Waals surface area contributed by atoms with Crippen molar-refractivity contribution in [2.24, 2.45) is 11.8 Å². The van der Waals surface area contributed by atoms with Crippen LogP contribution >= 0.6 is 0 Å². The molecule has 0 saturated carbocycles. The second-order valence-electron chi connectivity index (χ2n) is 6.22. The first-order valence-corrected chi connectivity index (χ1v) is 7.89. The molecule has 6 nitrogen and oxygen atoms in total. The van der Waals surface area contributed by atoms with Crippen molar-refractivity contribution < 1.29 is 27.9 Å². The zero-order chi connectivity index (χ0) is 19.1. The van der Waals surface area contributed by atoms with Gasteiger partial charge in [0, 0.05) is 18.8 Å². The number of aliphatic carboxylic acids is 1. The number of hydrogen-bond acceptors (Lipinski definition) is 3. The van der Waals surface area contributed by atoms with Gasteiger partial charge in [0.1, 0.15) is 0 Å². The molecule has 1 fully saturated rings. The minimum Gasteiger partial charge on any atom is -0.481 e. The number of carboxylic acids is 1. The Bertz CT molecular complexity index is 833. The van der Waals surface area contributed by atoms with E-state index < -0.39 is 43.0 Å². The number of aryl methyl sites for hydroxylation is 1. The van der Waals surface area contributed by atoms with Gasteiger partial charge in [0.25, 0.3) is 5.91 Å². The van der Waals surface area contributed by atoms with Crippen molar-refractivity contribution >= 4 is 11.9 Å². The lowest BCUT2D eigenvalue weighted by atomic mass is 9.96. The average molecular weight is 367 g/mol. The van der Waals surface area contributed by atoms with Gasteiger partial charge in [0.05, 0.1) is 17.5 Å². The Morgan fingerprint density at radius 1 is 1.19 bits per heavy atom. The molecular formula is C17H16F3N3O3. The van der Waals surface area contributed by atoms with Crippen LogP contribution in [-0.4, -0.2) is 50.9 Å². The van der Waals surface area contributed by atoms with Crippen molar-refractivity contribution in [3.63, 3.8) is 0 Å². The first kappa shape index (κ1) is 18.0. The summed E-state index contributed by atoms with van der Waals surface area (Å²) in [5.74, 6) is -6.02. The lowest BCUT2D eigenvalue weighted by Crippen LogP contribution is -2.34. The molecule has 1 amide bonds. The number of hydrogen-bond donors (Lipinski definition) is 1. The number of amides is 1. The molecule has 0 unspecified atom stereocenters. The quantitative estimate of drug-likeness (QED) is 0.905. The highest BCUT2D eigenvalue weighted by Gasteiger charge is 2.53. The highest BCUT2D eigenvalue weighted by molar-refractivity contribution is 5.93. The van der Waals surface area contributed by atoms with Gasteiger partial charge in [-0.15, -0.1) is 0 Å². The molecule has 2 heterocycles. The molecule has 138 valence electrons. The summed E-state index contributed by atoms with van der Waals surface area (Å²) in [5.41, 5.74) is 1.33. The Morgan fingerprint density at radius 3 is 2.38 bits per heavy atom. The molecule has 0 aliphatic carbocycles. The average Bonchev–Trinajstić information content (AvgIpc) is 3.19. The summed E-state index contributed by atoms with van der Waals surface area (Å²) < 4.78 is 40.7. The van der Waals surface area contributed by atoms with Crippen LogP contribution in [-0.2, 0) is 4.79 Å². The topological polar surface area (TPSA) is 75.4 Å². The molecule has 26 heavy (non-hydrogen) atoms. The van der Waals surface area contributed by atoms with Crippen molar-refractivity contribution in [3.8, 4) is 5.69 Å². The smallest absolute Gasteiger partial charge is 0.394 e. The number of rotatable bonds is 3. The van der Waals surface area contributed by atoms with Crippen LogP contribution in [0.3, 0.4) is 0 Å². The zero-order valence-electron chi connectivity index (χ0n) is 13.8. The number of carboxylic acid groups (broad SMARTS) is 1. The fourth-order valence-corrected chi connectivity index (χ4v) is 3.12. The first-order chi connectivity index (χ1) is 12.2. The lowest BCUT2D eigenvalue weighted by molar-refractivity contribution is -0.187. The Hall–Kier alpha value is -2.84. The zero-order valence-corrected chi connectivity index (χ0v) is 13.8. The van der Waals surface area contributed by atoms with Crippen molar-refractivity contribution in [2.75, 3.05) is 13.1 Å². The molecule has 0 bridgehead atoms. The van der Waals surface area contributed by atoms with Gasteiger partial charge in [-0.25, -0.2) is 4.68 Å². The van der Waals surface area contributed by atoms with Gasteiger partial charge >= 0.3 is 12.1 Å². The SMILES string of the molecule is Cc1cc(C(=O)N2C[C@@H](C(F)(F)F)[C@H](C(=O)O)C2)nn1-c1ccccc1. The van der Waals surface area contributed by atoms with E-state index in [-0.39, 0.29) is 5.69 Å². The largest absolute Gasteiger partial charge is 0.481 e. The third-order valence-corrected chi connectivity index (χ3v) is 4.45. The number of aromatic nitrogens is 2. The minimum atomic E-state index is -4.68. The van der Waals surface area contributed by atoms with E-state index in [2.05, 4.69) is 5.10 Å². The molecule has 2 atom stereocenters. The molecule has 1 aliphatic rings. The number of halogens is 3. The Labute approximate surface area is 146 Å². The summed E-state index contributed by atoms with van der Waals surface area (Å²) in [6, 6.07) is 10.5. The number of alkyl halides is 3. The Kier molecular flexibility index (Phi) is 4.47. The van der Waals surface area contributed by atoms with Crippen molar-refractivity contribution in [3.05, 3.63) is 47.8 Å². The van der Waals surface area contributed by atoms with Gasteiger partial charge in [-0.2, -0.15) is 18.3 Å². The lowest BCUT2D eigenvalue weighted by Gasteiger charge is -2.18. The van der Waals surface area contributed by atoms with E-state index in [0.717, 1.165) is 4.90 Å². The third kappa shape index (κ3) is 3.29. The molecule has 1 aromatic heterocycles. The molecule has 3 rings (SSSR count). The summed E-state index contributed by atoms with van der Waals surface area (Å²) in [7, 11) is 0. The second-order valence-corrected chi connectivity index (χ2v) is 6.22. The van der Waals surface area contributed by atoms with Gasteiger partial charge < -0.3 is 10.0 Å². The van der Waals surface area contributed by atoms with E-state index >= 15 is 0 Å². The molecule has 1 aromatic carbocycles. The van der Waals surface area contributed by atoms with E-state index in [1.54, 1.807) is 31.2 Å². The van der Waals surface area contributed by atoms with Crippen LogP contribution < -0.4 is 0 Å². The first-order valence-electron chi connectivity index (χ1n) is 7.89. The van der Waals surface area contributed by atoms with Crippen LogP contribution in [0.25, 0.3) is 5.69 Å². The van der Waals surface area contributed by atoms with Crippen LogP contribution in [0.4, 0.5) is 13.2 Å². The number of likely N-dealkylation sites (tertiary alicyclic amines) is 1. The molecule has 1 aliphatic heterocycles. The molecule has 0 radical (unpaired) electrons. The maximum atomic E-state index is 13.1. The van der Waals surface area contributed by atoms with Crippen LogP contribution in [0.2, 0.25) is 0 Å². The normalized spacial score (nSPS) is 20.4. The summed E-state index contributed by atoms with van der Waals surface area (Å²) in [6.45, 7) is 0.547. The van der Waals surface area contributed by atoms with Gasteiger partial charge in [-0.05, 0) is 25.1 Å². The molecule has 2 aromatic rings. The van der Waals surface area contributed by atoms with Crippen LogP contribution in [0, 0.1) is 18.8 Å². The fraction of sp³-hybridized carbons (Fsp3) is 0.353.